The van der Waals surface area contributed by atoms with E-state index < -0.39 is 0 Å². The average Bonchev–Trinajstić information content (AvgIpc) is 2.63. The van der Waals surface area contributed by atoms with Crippen LogP contribution in [0.25, 0.3) is 10.9 Å². The number of nitrogens with zero attached hydrogens (tertiary/aromatic N) is 2. The van der Waals surface area contributed by atoms with E-state index in [0.717, 1.165) is 28.6 Å². The minimum atomic E-state index is -0.0564. The second-order valence-corrected chi connectivity index (χ2v) is 6.29. The summed E-state index contributed by atoms with van der Waals surface area (Å²) in [5, 5.41) is 17.7. The zero-order valence-corrected chi connectivity index (χ0v) is 15.0. The molecule has 1 aromatic heterocycles. The number of rotatable bonds is 6. The van der Waals surface area contributed by atoms with Gasteiger partial charge in [0, 0.05) is 16.1 Å². The number of hydrogen-bond donors (Lipinski definition) is 3. The summed E-state index contributed by atoms with van der Waals surface area (Å²) < 4.78 is 0. The summed E-state index contributed by atoms with van der Waals surface area (Å²) >= 11 is 6.19. The van der Waals surface area contributed by atoms with Crippen molar-refractivity contribution in [3.05, 3.63) is 53.1 Å². The third-order valence-electron chi connectivity index (χ3n) is 4.17. The normalized spacial score (nSPS) is 12.2. The van der Waals surface area contributed by atoms with E-state index in [1.54, 1.807) is 0 Å². The van der Waals surface area contributed by atoms with Gasteiger partial charge in [0.25, 0.3) is 0 Å². The van der Waals surface area contributed by atoms with Crippen molar-refractivity contribution < 1.29 is 5.11 Å². The van der Waals surface area contributed by atoms with Gasteiger partial charge in [-0.05, 0) is 43.2 Å². The van der Waals surface area contributed by atoms with Crippen molar-refractivity contribution >= 4 is 40.0 Å². The average molecular weight is 357 g/mol. The molecule has 1 atom stereocenters. The lowest BCUT2D eigenvalue weighted by Gasteiger charge is -2.17. The molecule has 130 valence electrons. The zero-order chi connectivity index (χ0) is 17.8. The molecule has 0 aliphatic carbocycles. The van der Waals surface area contributed by atoms with E-state index in [2.05, 4.69) is 20.6 Å². The molecule has 1 heterocycles. The van der Waals surface area contributed by atoms with Gasteiger partial charge < -0.3 is 15.7 Å². The molecule has 0 aliphatic rings. The predicted octanol–water partition coefficient (Wildman–Crippen LogP) is 4.52. The highest BCUT2D eigenvalue weighted by Crippen LogP contribution is 2.28. The molecule has 3 aromatic rings. The van der Waals surface area contributed by atoms with E-state index in [0.29, 0.717) is 16.8 Å². The highest BCUT2D eigenvalue weighted by Gasteiger charge is 2.12. The molecular formula is C19H21ClN4O. The molecule has 0 bridgehead atoms. The van der Waals surface area contributed by atoms with Gasteiger partial charge in [-0.3, -0.25) is 0 Å². The number of aliphatic hydroxyl groups is 1. The van der Waals surface area contributed by atoms with Crippen LogP contribution in [0.15, 0.2) is 42.5 Å². The minimum Gasteiger partial charge on any atom is -0.394 e. The maximum absolute atomic E-state index is 9.49. The first-order valence-electron chi connectivity index (χ1n) is 8.28. The van der Waals surface area contributed by atoms with E-state index in [-0.39, 0.29) is 12.6 Å². The fraction of sp³-hybridized carbons (Fsp3) is 0.263. The second kappa shape index (κ2) is 7.68. The van der Waals surface area contributed by atoms with Crippen LogP contribution in [0.1, 0.15) is 18.9 Å². The predicted molar refractivity (Wildman–Crippen MR) is 104 cm³/mol. The first-order chi connectivity index (χ1) is 12.1. The quantitative estimate of drug-likeness (QED) is 0.605. The number of nitrogens with one attached hydrogen (secondary N) is 2. The van der Waals surface area contributed by atoms with Gasteiger partial charge in [-0.25, -0.2) is 4.98 Å². The number of aliphatic hydroxyl groups excluding tert-OH is 1. The number of hydrogen-bond acceptors (Lipinski definition) is 5. The Bertz CT molecular complexity index is 880. The zero-order valence-electron chi connectivity index (χ0n) is 14.3. The van der Waals surface area contributed by atoms with Gasteiger partial charge in [0.2, 0.25) is 5.95 Å². The molecule has 1 unspecified atom stereocenters. The Morgan fingerprint density at radius 3 is 2.68 bits per heavy atom. The molecule has 3 N–H and O–H groups in total. The van der Waals surface area contributed by atoms with E-state index in [1.807, 2.05) is 56.3 Å². The van der Waals surface area contributed by atoms with Gasteiger partial charge in [-0.15, -0.1) is 0 Å². The Balaban J connectivity index is 2.02. The first-order valence-corrected chi connectivity index (χ1v) is 8.66. The van der Waals surface area contributed by atoms with E-state index in [4.69, 9.17) is 11.6 Å². The van der Waals surface area contributed by atoms with Crippen molar-refractivity contribution in [2.75, 3.05) is 17.2 Å². The minimum absolute atomic E-state index is 0.0466. The van der Waals surface area contributed by atoms with Crippen LogP contribution in [0.4, 0.5) is 17.5 Å². The molecule has 0 fully saturated rings. The van der Waals surface area contributed by atoms with Gasteiger partial charge in [-0.2, -0.15) is 4.98 Å². The van der Waals surface area contributed by atoms with Crippen LogP contribution in [-0.2, 0) is 0 Å². The lowest BCUT2D eigenvalue weighted by atomic mass is 10.2. The third-order valence-corrected chi connectivity index (χ3v) is 4.58. The second-order valence-electron chi connectivity index (χ2n) is 5.88. The molecule has 0 radical (unpaired) electrons. The number of fused-ring (bicyclic) bond motifs is 1. The molecule has 0 aliphatic heterocycles. The van der Waals surface area contributed by atoms with Crippen molar-refractivity contribution in [2.24, 2.45) is 0 Å². The topological polar surface area (TPSA) is 70.1 Å². The maximum Gasteiger partial charge on any atom is 0.229 e. The molecule has 25 heavy (non-hydrogen) atoms. The van der Waals surface area contributed by atoms with Crippen LogP contribution in [-0.4, -0.2) is 27.7 Å². The van der Waals surface area contributed by atoms with Crippen molar-refractivity contribution in [1.29, 1.82) is 0 Å². The highest BCUT2D eigenvalue weighted by atomic mass is 35.5. The molecule has 0 saturated heterocycles. The van der Waals surface area contributed by atoms with Gasteiger partial charge in [0.15, 0.2) is 0 Å². The molecule has 2 aromatic carbocycles. The Labute approximate surface area is 152 Å². The summed E-state index contributed by atoms with van der Waals surface area (Å²) in [7, 11) is 0. The van der Waals surface area contributed by atoms with Crippen LogP contribution in [0.3, 0.4) is 0 Å². The number of benzene rings is 2. The van der Waals surface area contributed by atoms with Crippen LogP contribution >= 0.6 is 11.6 Å². The van der Waals surface area contributed by atoms with Crippen LogP contribution in [0, 0.1) is 6.92 Å². The van der Waals surface area contributed by atoms with Gasteiger partial charge in [0.05, 0.1) is 18.2 Å². The van der Waals surface area contributed by atoms with Gasteiger partial charge >= 0.3 is 0 Å². The molecule has 0 spiro atoms. The monoisotopic (exact) mass is 356 g/mol. The van der Waals surface area contributed by atoms with Crippen molar-refractivity contribution in [1.82, 2.24) is 9.97 Å². The van der Waals surface area contributed by atoms with Crippen molar-refractivity contribution in [2.45, 2.75) is 26.3 Å². The van der Waals surface area contributed by atoms with Crippen LogP contribution < -0.4 is 10.6 Å². The van der Waals surface area contributed by atoms with E-state index in [1.165, 1.54) is 0 Å². The summed E-state index contributed by atoms with van der Waals surface area (Å²) in [6, 6.07) is 13.4. The van der Waals surface area contributed by atoms with Crippen molar-refractivity contribution in [3.63, 3.8) is 0 Å². The third kappa shape index (κ3) is 3.83. The van der Waals surface area contributed by atoms with E-state index in [9.17, 15) is 5.11 Å². The Hall–Kier alpha value is -2.37. The largest absolute Gasteiger partial charge is 0.394 e. The van der Waals surface area contributed by atoms with Crippen LogP contribution in [0.2, 0.25) is 5.02 Å². The molecular weight excluding hydrogens is 336 g/mol. The number of anilines is 3. The number of para-hydroxylation sites is 1. The number of halogens is 1. The molecule has 5 nitrogen and oxygen atoms in total. The van der Waals surface area contributed by atoms with Gasteiger partial charge in [0.1, 0.15) is 5.82 Å². The molecule has 0 saturated carbocycles. The summed E-state index contributed by atoms with van der Waals surface area (Å²) in [6.45, 7) is 4.01. The smallest absolute Gasteiger partial charge is 0.229 e. The summed E-state index contributed by atoms with van der Waals surface area (Å²) in [5.41, 5.74) is 2.63. The number of aromatic nitrogens is 2. The highest BCUT2D eigenvalue weighted by molar-refractivity contribution is 6.31. The van der Waals surface area contributed by atoms with Crippen LogP contribution in [0.5, 0.6) is 0 Å². The van der Waals surface area contributed by atoms with Crippen molar-refractivity contribution in [3.8, 4) is 0 Å². The Morgan fingerprint density at radius 2 is 1.92 bits per heavy atom. The summed E-state index contributed by atoms with van der Waals surface area (Å²) in [4.78, 5) is 9.21. The lowest BCUT2D eigenvalue weighted by Crippen LogP contribution is -2.23. The SMILES string of the molecule is CCC(CO)Nc1nc(Nc2cccc(Cl)c2C)nc2ccccc12. The van der Waals surface area contributed by atoms with Gasteiger partial charge in [-0.1, -0.05) is 36.7 Å². The maximum atomic E-state index is 9.49. The summed E-state index contributed by atoms with van der Waals surface area (Å²) in [6.07, 6.45) is 0.797. The standard InChI is InChI=1S/C19H21ClN4O/c1-3-13(11-25)21-18-14-7-4-5-9-17(14)23-19(24-18)22-16-10-6-8-15(20)12(16)2/h4-10,13,25H,3,11H2,1-2H3,(H2,21,22,23,24). The van der Waals surface area contributed by atoms with E-state index >= 15 is 0 Å². The molecule has 6 heteroatoms. The molecule has 0 amide bonds. The first kappa shape index (κ1) is 17.5. The Morgan fingerprint density at radius 1 is 1.12 bits per heavy atom. The fourth-order valence-corrected chi connectivity index (χ4v) is 2.75. The summed E-state index contributed by atoms with van der Waals surface area (Å²) in [5.74, 6) is 1.19. The molecule has 3 rings (SSSR count). The lowest BCUT2D eigenvalue weighted by molar-refractivity contribution is 0.271. The fourth-order valence-electron chi connectivity index (χ4n) is 2.58. The Kier molecular flexibility index (Phi) is 5.36.